The van der Waals surface area contributed by atoms with Crippen molar-refractivity contribution >= 4 is 45.8 Å². The molecule has 0 unspecified atom stereocenters. The first-order valence-electron chi connectivity index (χ1n) is 8.06. The second-order valence-electron chi connectivity index (χ2n) is 5.91. The second kappa shape index (κ2) is 6.95. The standard InChI is InChI=1S/C20H13Cl2N3O2/c21-11-5-7-13(15(22)9-11)20(27)23-12-6-8-18(26)14(10-12)19-24-16-3-1-2-4-17(16)25-19/h1-10,26H,(H,23,27)(H,24,25). The maximum Gasteiger partial charge on any atom is 0.257 e. The molecule has 5 nitrogen and oxygen atoms in total. The SMILES string of the molecule is O=C(Nc1ccc(O)c(-c2nc3ccccc3[nH]2)c1)c1ccc(Cl)cc1Cl. The van der Waals surface area contributed by atoms with Crippen molar-refractivity contribution in [3.63, 3.8) is 0 Å². The second-order valence-corrected chi connectivity index (χ2v) is 6.76. The number of nitrogens with zero attached hydrogens (tertiary/aromatic N) is 1. The number of phenolic OH excluding ortho intramolecular Hbond substituents is 1. The number of benzene rings is 3. The number of aromatic hydroxyl groups is 1. The van der Waals surface area contributed by atoms with E-state index in [2.05, 4.69) is 15.3 Å². The molecule has 0 fully saturated rings. The van der Waals surface area contributed by atoms with Gasteiger partial charge in [0.1, 0.15) is 11.6 Å². The Balaban J connectivity index is 1.67. The lowest BCUT2D eigenvalue weighted by atomic mass is 10.1. The number of hydrogen-bond donors (Lipinski definition) is 3. The Morgan fingerprint density at radius 3 is 2.63 bits per heavy atom. The third kappa shape index (κ3) is 3.47. The number of para-hydroxylation sites is 2. The molecule has 0 spiro atoms. The van der Waals surface area contributed by atoms with Gasteiger partial charge < -0.3 is 15.4 Å². The van der Waals surface area contributed by atoms with Crippen molar-refractivity contribution in [3.05, 3.63) is 76.3 Å². The fraction of sp³-hybridized carbons (Fsp3) is 0. The number of hydrogen-bond acceptors (Lipinski definition) is 3. The number of aromatic nitrogens is 2. The molecule has 0 aliphatic rings. The van der Waals surface area contributed by atoms with E-state index in [-0.39, 0.29) is 16.7 Å². The van der Waals surface area contributed by atoms with Crippen LogP contribution in [0.4, 0.5) is 5.69 Å². The molecule has 0 atom stereocenters. The van der Waals surface area contributed by atoms with Gasteiger partial charge in [-0.3, -0.25) is 4.79 Å². The van der Waals surface area contributed by atoms with Crippen LogP contribution in [0, 0.1) is 0 Å². The molecule has 1 heterocycles. The number of rotatable bonds is 3. The molecule has 0 aliphatic heterocycles. The molecule has 1 aromatic heterocycles. The average Bonchev–Trinajstić information content (AvgIpc) is 3.07. The molecule has 3 N–H and O–H groups in total. The number of fused-ring (bicyclic) bond motifs is 1. The molecule has 27 heavy (non-hydrogen) atoms. The smallest absolute Gasteiger partial charge is 0.257 e. The van der Waals surface area contributed by atoms with Crippen LogP contribution in [0.2, 0.25) is 10.0 Å². The van der Waals surface area contributed by atoms with Crippen LogP contribution in [0.15, 0.2) is 60.7 Å². The highest BCUT2D eigenvalue weighted by atomic mass is 35.5. The summed E-state index contributed by atoms with van der Waals surface area (Å²) in [6, 6.07) is 17.0. The fourth-order valence-corrected chi connectivity index (χ4v) is 3.25. The first-order chi connectivity index (χ1) is 13.0. The molecule has 0 saturated carbocycles. The largest absolute Gasteiger partial charge is 0.507 e. The fourth-order valence-electron chi connectivity index (χ4n) is 2.76. The van der Waals surface area contributed by atoms with Crippen molar-refractivity contribution < 1.29 is 9.90 Å². The molecule has 1 amide bonds. The molecular weight excluding hydrogens is 385 g/mol. The van der Waals surface area contributed by atoms with E-state index in [0.29, 0.717) is 27.7 Å². The van der Waals surface area contributed by atoms with Gasteiger partial charge in [0, 0.05) is 10.7 Å². The maximum absolute atomic E-state index is 12.5. The monoisotopic (exact) mass is 397 g/mol. The Labute approximate surface area is 164 Å². The lowest BCUT2D eigenvalue weighted by Gasteiger charge is -2.09. The summed E-state index contributed by atoms with van der Waals surface area (Å²) >= 11 is 12.0. The number of phenols is 1. The molecule has 0 saturated heterocycles. The van der Waals surface area contributed by atoms with Gasteiger partial charge in [-0.15, -0.1) is 0 Å². The zero-order valence-electron chi connectivity index (χ0n) is 13.8. The van der Waals surface area contributed by atoms with E-state index in [0.717, 1.165) is 11.0 Å². The van der Waals surface area contributed by atoms with Crippen molar-refractivity contribution in [1.29, 1.82) is 0 Å². The normalized spacial score (nSPS) is 10.9. The number of carbonyl (C=O) groups excluding carboxylic acids is 1. The quantitative estimate of drug-likeness (QED) is 0.399. The first-order valence-corrected chi connectivity index (χ1v) is 8.81. The topological polar surface area (TPSA) is 78.0 Å². The number of anilines is 1. The van der Waals surface area contributed by atoms with Gasteiger partial charge >= 0.3 is 0 Å². The van der Waals surface area contributed by atoms with Gasteiger partial charge in [-0.25, -0.2) is 4.98 Å². The third-order valence-electron chi connectivity index (χ3n) is 4.07. The maximum atomic E-state index is 12.5. The minimum absolute atomic E-state index is 0.0524. The van der Waals surface area contributed by atoms with Gasteiger partial charge in [0.05, 0.1) is 27.2 Å². The van der Waals surface area contributed by atoms with Crippen LogP contribution in [-0.4, -0.2) is 21.0 Å². The van der Waals surface area contributed by atoms with Crippen LogP contribution in [0.1, 0.15) is 10.4 Å². The molecule has 0 bridgehead atoms. The summed E-state index contributed by atoms with van der Waals surface area (Å²) in [5.74, 6) is 0.184. The summed E-state index contributed by atoms with van der Waals surface area (Å²) in [6.45, 7) is 0. The van der Waals surface area contributed by atoms with E-state index in [1.165, 1.54) is 12.1 Å². The van der Waals surface area contributed by atoms with E-state index < -0.39 is 0 Å². The van der Waals surface area contributed by atoms with E-state index in [9.17, 15) is 9.90 Å². The van der Waals surface area contributed by atoms with Crippen molar-refractivity contribution in [1.82, 2.24) is 9.97 Å². The van der Waals surface area contributed by atoms with Gasteiger partial charge in [0.15, 0.2) is 0 Å². The van der Waals surface area contributed by atoms with E-state index >= 15 is 0 Å². The van der Waals surface area contributed by atoms with E-state index in [1.54, 1.807) is 24.3 Å². The molecule has 0 radical (unpaired) electrons. The minimum Gasteiger partial charge on any atom is -0.507 e. The van der Waals surface area contributed by atoms with Crippen LogP contribution < -0.4 is 5.32 Å². The minimum atomic E-state index is -0.377. The summed E-state index contributed by atoms with van der Waals surface area (Å²) in [6.07, 6.45) is 0. The third-order valence-corrected chi connectivity index (χ3v) is 4.62. The number of imidazole rings is 1. The van der Waals surface area contributed by atoms with Crippen molar-refractivity contribution in [2.24, 2.45) is 0 Å². The summed E-state index contributed by atoms with van der Waals surface area (Å²) in [4.78, 5) is 20.1. The number of carbonyl (C=O) groups is 1. The molecule has 0 aliphatic carbocycles. The van der Waals surface area contributed by atoms with Crippen LogP contribution >= 0.6 is 23.2 Å². The van der Waals surface area contributed by atoms with Crippen LogP contribution in [0.25, 0.3) is 22.4 Å². The van der Waals surface area contributed by atoms with Crippen LogP contribution in [0.3, 0.4) is 0 Å². The highest BCUT2D eigenvalue weighted by Gasteiger charge is 2.14. The molecule has 3 aromatic carbocycles. The summed E-state index contributed by atoms with van der Waals surface area (Å²) in [5, 5.41) is 13.7. The molecule has 4 aromatic rings. The van der Waals surface area contributed by atoms with Gasteiger partial charge in [0.25, 0.3) is 5.91 Å². The Bertz CT molecular complexity index is 1140. The summed E-state index contributed by atoms with van der Waals surface area (Å²) < 4.78 is 0. The molecule has 4 rings (SSSR count). The van der Waals surface area contributed by atoms with Crippen molar-refractivity contribution in [3.8, 4) is 17.1 Å². The van der Waals surface area contributed by atoms with Crippen LogP contribution in [-0.2, 0) is 0 Å². The zero-order valence-corrected chi connectivity index (χ0v) is 15.3. The van der Waals surface area contributed by atoms with Gasteiger partial charge in [-0.2, -0.15) is 0 Å². The summed E-state index contributed by atoms with van der Waals surface area (Å²) in [5.41, 5.74) is 2.92. The number of aromatic amines is 1. The highest BCUT2D eigenvalue weighted by Crippen LogP contribution is 2.31. The Hall–Kier alpha value is -3.02. The molecule has 134 valence electrons. The van der Waals surface area contributed by atoms with Crippen molar-refractivity contribution in [2.75, 3.05) is 5.32 Å². The van der Waals surface area contributed by atoms with Gasteiger partial charge in [0.2, 0.25) is 0 Å². The average molecular weight is 398 g/mol. The lowest BCUT2D eigenvalue weighted by Crippen LogP contribution is -2.12. The first kappa shape index (κ1) is 17.4. The number of H-pyrrole nitrogens is 1. The van der Waals surface area contributed by atoms with Gasteiger partial charge in [-0.1, -0.05) is 35.3 Å². The Kier molecular flexibility index (Phi) is 4.48. The Morgan fingerprint density at radius 1 is 1.04 bits per heavy atom. The molecule has 7 heteroatoms. The van der Waals surface area contributed by atoms with E-state index in [4.69, 9.17) is 23.2 Å². The highest BCUT2D eigenvalue weighted by molar-refractivity contribution is 6.37. The Morgan fingerprint density at radius 2 is 1.85 bits per heavy atom. The predicted molar refractivity (Wildman–Crippen MR) is 108 cm³/mol. The van der Waals surface area contributed by atoms with E-state index in [1.807, 2.05) is 24.3 Å². The number of amides is 1. The zero-order chi connectivity index (χ0) is 19.0. The summed E-state index contributed by atoms with van der Waals surface area (Å²) in [7, 11) is 0. The van der Waals surface area contributed by atoms with Crippen LogP contribution in [0.5, 0.6) is 5.75 Å². The van der Waals surface area contributed by atoms with Crippen molar-refractivity contribution in [2.45, 2.75) is 0 Å². The number of nitrogens with one attached hydrogen (secondary N) is 2. The van der Waals surface area contributed by atoms with Gasteiger partial charge in [-0.05, 0) is 48.5 Å². The lowest BCUT2D eigenvalue weighted by molar-refractivity contribution is 0.102. The predicted octanol–water partition coefficient (Wildman–Crippen LogP) is 5.49. The molecular formula is C20H13Cl2N3O2. The number of halogens is 2.